The van der Waals surface area contributed by atoms with Gasteiger partial charge in [0.15, 0.2) is 0 Å². The van der Waals surface area contributed by atoms with Crippen molar-refractivity contribution in [2.45, 2.75) is 19.0 Å². The zero-order chi connectivity index (χ0) is 15.6. The van der Waals surface area contributed by atoms with Crippen molar-refractivity contribution in [2.24, 2.45) is 11.8 Å². The van der Waals surface area contributed by atoms with E-state index in [1.165, 1.54) is 24.1 Å². The van der Waals surface area contributed by atoms with Gasteiger partial charge in [0.05, 0.1) is 0 Å². The van der Waals surface area contributed by atoms with E-state index in [4.69, 9.17) is 0 Å². The van der Waals surface area contributed by atoms with Crippen LogP contribution in [0.1, 0.15) is 23.6 Å². The molecule has 0 aliphatic carbocycles. The van der Waals surface area contributed by atoms with Crippen LogP contribution in [0.4, 0.5) is 4.39 Å². The van der Waals surface area contributed by atoms with Gasteiger partial charge in [0.25, 0.3) is 0 Å². The molecule has 2 heterocycles. The Hall–Kier alpha value is -1.71. The number of likely N-dealkylation sites (tertiary alicyclic amines) is 1. The Kier molecular flexibility index (Phi) is 4.15. The predicted octanol–water partition coefficient (Wildman–Crippen LogP) is 3.61. The fourth-order valence-corrected chi connectivity index (χ4v) is 4.25. The summed E-state index contributed by atoms with van der Waals surface area (Å²) in [5.41, 5.74) is 2.61. The van der Waals surface area contributed by atoms with Crippen LogP contribution in [0.5, 0.6) is 0 Å². The van der Waals surface area contributed by atoms with Gasteiger partial charge < -0.3 is 5.32 Å². The van der Waals surface area contributed by atoms with Crippen molar-refractivity contribution in [3.05, 3.63) is 71.5 Å². The SMILES string of the molecule is Fc1ccc(C2NCCC3CN(Cc4ccccc4)C[C@H]32)cc1. The van der Waals surface area contributed by atoms with Crippen LogP contribution < -0.4 is 5.32 Å². The molecule has 0 bridgehead atoms. The minimum Gasteiger partial charge on any atom is -0.310 e. The highest BCUT2D eigenvalue weighted by molar-refractivity contribution is 5.23. The van der Waals surface area contributed by atoms with Crippen molar-refractivity contribution in [2.75, 3.05) is 19.6 Å². The third-order valence-electron chi connectivity index (χ3n) is 5.35. The summed E-state index contributed by atoms with van der Waals surface area (Å²) in [6, 6.07) is 18.1. The summed E-state index contributed by atoms with van der Waals surface area (Å²) in [6.45, 7) is 4.39. The van der Waals surface area contributed by atoms with Gasteiger partial charge >= 0.3 is 0 Å². The fourth-order valence-electron chi connectivity index (χ4n) is 4.25. The van der Waals surface area contributed by atoms with Gasteiger partial charge in [-0.3, -0.25) is 4.90 Å². The zero-order valence-corrected chi connectivity index (χ0v) is 13.3. The first-order valence-electron chi connectivity index (χ1n) is 8.55. The van der Waals surface area contributed by atoms with E-state index in [1.807, 2.05) is 12.1 Å². The Bertz CT molecular complexity index is 640. The Labute approximate surface area is 137 Å². The molecule has 2 aliphatic heterocycles. The van der Waals surface area contributed by atoms with Crippen LogP contribution in [-0.4, -0.2) is 24.5 Å². The largest absolute Gasteiger partial charge is 0.310 e. The van der Waals surface area contributed by atoms with Crippen LogP contribution >= 0.6 is 0 Å². The minimum atomic E-state index is -0.154. The number of nitrogens with one attached hydrogen (secondary N) is 1. The highest BCUT2D eigenvalue weighted by atomic mass is 19.1. The zero-order valence-electron chi connectivity index (χ0n) is 13.3. The van der Waals surface area contributed by atoms with Gasteiger partial charge in [-0.25, -0.2) is 4.39 Å². The lowest BCUT2D eigenvalue weighted by atomic mass is 9.80. The van der Waals surface area contributed by atoms with Crippen molar-refractivity contribution in [1.82, 2.24) is 10.2 Å². The lowest BCUT2D eigenvalue weighted by Gasteiger charge is -2.34. The number of hydrogen-bond donors (Lipinski definition) is 1. The molecule has 120 valence electrons. The number of piperidine rings is 1. The maximum absolute atomic E-state index is 13.2. The van der Waals surface area contributed by atoms with Crippen molar-refractivity contribution < 1.29 is 4.39 Å². The highest BCUT2D eigenvalue weighted by Gasteiger charge is 2.40. The fraction of sp³-hybridized carbons (Fsp3) is 0.400. The van der Waals surface area contributed by atoms with Crippen LogP contribution in [0.2, 0.25) is 0 Å². The monoisotopic (exact) mass is 310 g/mol. The Morgan fingerprint density at radius 1 is 1.00 bits per heavy atom. The lowest BCUT2D eigenvalue weighted by Crippen LogP contribution is -2.39. The molecule has 2 aromatic rings. The van der Waals surface area contributed by atoms with Crippen molar-refractivity contribution in [3.63, 3.8) is 0 Å². The number of hydrogen-bond acceptors (Lipinski definition) is 2. The third kappa shape index (κ3) is 3.17. The first kappa shape index (κ1) is 14.9. The van der Waals surface area contributed by atoms with E-state index in [0.717, 1.165) is 25.6 Å². The van der Waals surface area contributed by atoms with Crippen molar-refractivity contribution >= 4 is 0 Å². The molecule has 2 nitrogen and oxygen atoms in total. The maximum Gasteiger partial charge on any atom is 0.123 e. The molecule has 1 N–H and O–H groups in total. The maximum atomic E-state index is 13.2. The summed E-state index contributed by atoms with van der Waals surface area (Å²) in [7, 11) is 0. The molecular weight excluding hydrogens is 287 g/mol. The van der Waals surface area contributed by atoms with Gasteiger partial charge in [-0.05, 0) is 48.1 Å². The van der Waals surface area contributed by atoms with E-state index in [2.05, 4.69) is 40.5 Å². The standard InChI is InChI=1S/C20H23FN2/c21-18-8-6-16(7-9-18)20-19-14-23(13-17(19)10-11-22-20)12-15-4-2-1-3-5-15/h1-9,17,19-20,22H,10-14H2/t17?,19-,20?/m1/s1. The van der Waals surface area contributed by atoms with Gasteiger partial charge in [0, 0.05) is 25.7 Å². The van der Waals surface area contributed by atoms with Gasteiger partial charge in [-0.1, -0.05) is 42.5 Å². The van der Waals surface area contributed by atoms with Gasteiger partial charge in [-0.15, -0.1) is 0 Å². The van der Waals surface area contributed by atoms with Gasteiger partial charge in [0.2, 0.25) is 0 Å². The van der Waals surface area contributed by atoms with Crippen LogP contribution in [0.3, 0.4) is 0 Å². The van der Waals surface area contributed by atoms with Gasteiger partial charge in [-0.2, -0.15) is 0 Å². The van der Waals surface area contributed by atoms with Crippen LogP contribution in [0.15, 0.2) is 54.6 Å². The molecule has 0 spiro atoms. The van der Waals surface area contributed by atoms with E-state index >= 15 is 0 Å². The molecule has 3 heteroatoms. The smallest absolute Gasteiger partial charge is 0.123 e. The lowest BCUT2D eigenvalue weighted by molar-refractivity contribution is 0.239. The molecule has 4 rings (SSSR count). The average Bonchev–Trinajstić information content (AvgIpc) is 2.99. The average molecular weight is 310 g/mol. The Morgan fingerprint density at radius 3 is 2.57 bits per heavy atom. The Balaban J connectivity index is 1.49. The molecule has 2 fully saturated rings. The molecule has 2 unspecified atom stereocenters. The Morgan fingerprint density at radius 2 is 1.78 bits per heavy atom. The molecule has 2 aromatic carbocycles. The van der Waals surface area contributed by atoms with Crippen LogP contribution in [0.25, 0.3) is 0 Å². The summed E-state index contributed by atoms with van der Waals surface area (Å²) in [4.78, 5) is 2.58. The molecule has 0 amide bonds. The molecule has 0 radical (unpaired) electrons. The second kappa shape index (κ2) is 6.42. The number of halogens is 1. The molecular formula is C20H23FN2. The predicted molar refractivity (Wildman–Crippen MR) is 90.5 cm³/mol. The van der Waals surface area contributed by atoms with E-state index < -0.39 is 0 Å². The normalized spacial score (nSPS) is 27.8. The van der Waals surface area contributed by atoms with Crippen LogP contribution in [-0.2, 0) is 6.54 Å². The molecule has 3 atom stereocenters. The first-order chi connectivity index (χ1) is 11.3. The highest BCUT2D eigenvalue weighted by Crippen LogP contribution is 2.39. The quantitative estimate of drug-likeness (QED) is 0.932. The van der Waals surface area contributed by atoms with E-state index in [-0.39, 0.29) is 5.82 Å². The third-order valence-corrected chi connectivity index (χ3v) is 5.35. The first-order valence-corrected chi connectivity index (χ1v) is 8.55. The summed E-state index contributed by atoms with van der Waals surface area (Å²) in [5.74, 6) is 1.21. The summed E-state index contributed by atoms with van der Waals surface area (Å²) in [6.07, 6.45) is 1.24. The second-order valence-corrected chi connectivity index (χ2v) is 6.88. The summed E-state index contributed by atoms with van der Waals surface area (Å²) in [5, 5.41) is 3.66. The second-order valence-electron chi connectivity index (χ2n) is 6.88. The van der Waals surface area contributed by atoms with Crippen molar-refractivity contribution in [1.29, 1.82) is 0 Å². The molecule has 23 heavy (non-hydrogen) atoms. The number of nitrogens with zero attached hydrogens (tertiary/aromatic N) is 1. The van der Waals surface area contributed by atoms with E-state index in [1.54, 1.807) is 12.1 Å². The van der Waals surface area contributed by atoms with Crippen molar-refractivity contribution in [3.8, 4) is 0 Å². The van der Waals surface area contributed by atoms with E-state index in [0.29, 0.717) is 12.0 Å². The summed E-state index contributed by atoms with van der Waals surface area (Å²) < 4.78 is 13.2. The topological polar surface area (TPSA) is 15.3 Å². The molecule has 0 saturated carbocycles. The number of rotatable bonds is 3. The molecule has 0 aromatic heterocycles. The number of benzene rings is 2. The minimum absolute atomic E-state index is 0.154. The van der Waals surface area contributed by atoms with Crippen LogP contribution in [0, 0.1) is 17.7 Å². The summed E-state index contributed by atoms with van der Waals surface area (Å²) >= 11 is 0. The number of fused-ring (bicyclic) bond motifs is 1. The molecule has 2 saturated heterocycles. The molecule has 2 aliphatic rings. The van der Waals surface area contributed by atoms with Gasteiger partial charge in [0.1, 0.15) is 5.82 Å². The van der Waals surface area contributed by atoms with E-state index in [9.17, 15) is 4.39 Å².